The normalized spacial score (nSPS) is 15.1. The first-order chi connectivity index (χ1) is 15.3. The molecule has 0 spiro atoms. The predicted octanol–water partition coefficient (Wildman–Crippen LogP) is 2.49. The molecule has 1 atom stereocenters. The molecule has 4 rings (SSSR count). The highest BCUT2D eigenvalue weighted by Crippen LogP contribution is 2.37. The summed E-state index contributed by atoms with van der Waals surface area (Å²) in [5, 5.41) is 25.2. The Balaban J connectivity index is 1.46. The first kappa shape index (κ1) is 21.5. The number of thiophene rings is 1. The minimum atomic E-state index is -1.71. The van der Waals surface area contributed by atoms with Gasteiger partial charge < -0.3 is 25.6 Å². The van der Waals surface area contributed by atoms with Gasteiger partial charge in [0.25, 0.3) is 5.91 Å². The average Bonchev–Trinajstić information content (AvgIpc) is 3.14. The van der Waals surface area contributed by atoms with E-state index in [2.05, 4.69) is 10.6 Å². The molecule has 2 amide bonds. The summed E-state index contributed by atoms with van der Waals surface area (Å²) in [5.41, 5.74) is 0.828. The van der Waals surface area contributed by atoms with E-state index in [0.29, 0.717) is 16.0 Å². The number of amides is 2. The summed E-state index contributed by atoms with van der Waals surface area (Å²) < 4.78 is 5.74. The fraction of sp³-hybridized carbons (Fsp3) is 0.182. The monoisotopic (exact) mass is 454 g/mol. The molecule has 0 aliphatic carbocycles. The van der Waals surface area contributed by atoms with Gasteiger partial charge in [0.2, 0.25) is 0 Å². The van der Waals surface area contributed by atoms with Gasteiger partial charge in [0, 0.05) is 23.4 Å². The number of hydrogen-bond donors (Lipinski definition) is 4. The summed E-state index contributed by atoms with van der Waals surface area (Å²) in [6, 6.07) is 13.1. The summed E-state index contributed by atoms with van der Waals surface area (Å²) in [5.74, 6) is -4.57. The van der Waals surface area contributed by atoms with Gasteiger partial charge in [-0.25, -0.2) is 9.59 Å². The number of carbonyl (C=O) groups is 4. The molecule has 4 N–H and O–H groups in total. The molecule has 0 bridgehead atoms. The maximum atomic E-state index is 12.6. The lowest BCUT2D eigenvalue weighted by atomic mass is 10.0. The number of carboxylic acids is 2. The van der Waals surface area contributed by atoms with Crippen LogP contribution in [-0.4, -0.2) is 46.6 Å². The quantitative estimate of drug-likeness (QED) is 0.434. The Morgan fingerprint density at radius 2 is 1.81 bits per heavy atom. The minimum absolute atomic E-state index is 0.0423. The van der Waals surface area contributed by atoms with Crippen LogP contribution < -0.4 is 10.6 Å². The summed E-state index contributed by atoms with van der Waals surface area (Å²) in [6.45, 7) is 0.260. The molecule has 0 saturated carbocycles. The number of nitrogens with one attached hydrogen (secondary N) is 2. The van der Waals surface area contributed by atoms with Gasteiger partial charge in [-0.05, 0) is 28.5 Å². The molecule has 1 aromatic heterocycles. The van der Waals surface area contributed by atoms with Gasteiger partial charge in [-0.3, -0.25) is 9.59 Å². The van der Waals surface area contributed by atoms with Crippen LogP contribution in [0.15, 0.2) is 42.5 Å². The molecule has 2 aromatic carbocycles. The third-order valence-corrected chi connectivity index (χ3v) is 6.23. The van der Waals surface area contributed by atoms with E-state index < -0.39 is 23.9 Å². The summed E-state index contributed by atoms with van der Waals surface area (Å²) in [4.78, 5) is 47.2. The van der Waals surface area contributed by atoms with Crippen LogP contribution in [0.3, 0.4) is 0 Å². The lowest BCUT2D eigenvalue weighted by Crippen LogP contribution is -2.36. The Morgan fingerprint density at radius 1 is 1.06 bits per heavy atom. The van der Waals surface area contributed by atoms with Gasteiger partial charge in [-0.2, -0.15) is 0 Å². The van der Waals surface area contributed by atoms with Crippen molar-refractivity contribution >= 4 is 50.9 Å². The van der Waals surface area contributed by atoms with Crippen LogP contribution in [0.5, 0.6) is 0 Å². The first-order valence-electron chi connectivity index (χ1n) is 9.64. The van der Waals surface area contributed by atoms with Gasteiger partial charge in [0.1, 0.15) is 5.00 Å². The van der Waals surface area contributed by atoms with Crippen molar-refractivity contribution in [3.63, 3.8) is 0 Å². The van der Waals surface area contributed by atoms with E-state index in [1.165, 1.54) is 0 Å². The van der Waals surface area contributed by atoms with E-state index in [1.807, 2.05) is 30.3 Å². The van der Waals surface area contributed by atoms with Crippen molar-refractivity contribution in [3.05, 3.63) is 64.0 Å². The third-order valence-electron chi connectivity index (χ3n) is 5.11. The number of carboxylic acid groups (broad SMARTS) is 2. The zero-order chi connectivity index (χ0) is 22.8. The fourth-order valence-corrected chi connectivity index (χ4v) is 4.70. The molecular formula is C22H18N2O7S. The zero-order valence-electron chi connectivity index (χ0n) is 16.6. The number of carbonyl (C=O) groups excluding carboxylic acids is 2. The van der Waals surface area contributed by atoms with Crippen molar-refractivity contribution < 1.29 is 34.1 Å². The number of aliphatic carboxylic acids is 1. The predicted molar refractivity (Wildman–Crippen MR) is 116 cm³/mol. The summed E-state index contributed by atoms with van der Waals surface area (Å²) in [6.07, 6.45) is -0.267. The average molecular weight is 454 g/mol. The van der Waals surface area contributed by atoms with Crippen LogP contribution in [-0.2, 0) is 27.4 Å². The molecule has 1 aliphatic heterocycles. The molecule has 164 valence electrons. The molecular weight excluding hydrogens is 436 g/mol. The number of hydrogen-bond acceptors (Lipinski definition) is 6. The zero-order valence-corrected chi connectivity index (χ0v) is 17.4. The van der Waals surface area contributed by atoms with Crippen LogP contribution in [0, 0.1) is 0 Å². The SMILES string of the molecule is O=C(O)C(=O)Nc1sc2c(c1C(=O)O)CC(CNC(=O)c1ccc3ccccc3c1)OC2. The highest BCUT2D eigenvalue weighted by Gasteiger charge is 2.31. The number of aromatic carboxylic acids is 1. The van der Waals surface area contributed by atoms with Crippen molar-refractivity contribution in [1.29, 1.82) is 0 Å². The molecule has 1 aliphatic rings. The third kappa shape index (κ3) is 4.32. The molecule has 9 nitrogen and oxygen atoms in total. The van der Waals surface area contributed by atoms with Gasteiger partial charge in [-0.1, -0.05) is 30.3 Å². The first-order valence-corrected chi connectivity index (χ1v) is 10.5. The van der Waals surface area contributed by atoms with E-state index in [1.54, 1.807) is 12.1 Å². The molecule has 2 heterocycles. The molecule has 0 saturated heterocycles. The Labute approximate surface area is 185 Å². The summed E-state index contributed by atoms with van der Waals surface area (Å²) >= 11 is 0.972. The number of rotatable bonds is 5. The number of fused-ring (bicyclic) bond motifs is 2. The molecule has 0 radical (unpaired) electrons. The van der Waals surface area contributed by atoms with E-state index in [0.717, 1.165) is 22.1 Å². The van der Waals surface area contributed by atoms with Crippen LogP contribution >= 0.6 is 11.3 Å². The molecule has 32 heavy (non-hydrogen) atoms. The highest BCUT2D eigenvalue weighted by molar-refractivity contribution is 7.17. The van der Waals surface area contributed by atoms with E-state index in [9.17, 15) is 24.3 Å². The van der Waals surface area contributed by atoms with Crippen molar-refractivity contribution in [3.8, 4) is 0 Å². The van der Waals surface area contributed by atoms with E-state index in [4.69, 9.17) is 9.84 Å². The Kier molecular flexibility index (Phi) is 5.89. The topological polar surface area (TPSA) is 142 Å². The second-order valence-corrected chi connectivity index (χ2v) is 8.29. The summed E-state index contributed by atoms with van der Waals surface area (Å²) in [7, 11) is 0. The number of anilines is 1. The van der Waals surface area contributed by atoms with Crippen LogP contribution in [0.25, 0.3) is 10.8 Å². The lowest BCUT2D eigenvalue weighted by Gasteiger charge is -2.23. The Bertz CT molecular complexity index is 1250. The molecule has 3 aromatic rings. The van der Waals surface area contributed by atoms with Gasteiger partial charge >= 0.3 is 17.8 Å². The lowest BCUT2D eigenvalue weighted by molar-refractivity contribution is -0.147. The Morgan fingerprint density at radius 3 is 2.53 bits per heavy atom. The largest absolute Gasteiger partial charge is 0.478 e. The van der Waals surface area contributed by atoms with E-state index >= 15 is 0 Å². The molecule has 0 fully saturated rings. The van der Waals surface area contributed by atoms with Crippen LogP contribution in [0.1, 0.15) is 31.2 Å². The number of ether oxygens (including phenoxy) is 1. The highest BCUT2D eigenvalue weighted by atomic mass is 32.1. The van der Waals surface area contributed by atoms with Gasteiger partial charge in [0.05, 0.1) is 18.3 Å². The second kappa shape index (κ2) is 8.77. The molecule has 1 unspecified atom stereocenters. The smallest absolute Gasteiger partial charge is 0.394 e. The maximum Gasteiger partial charge on any atom is 0.394 e. The van der Waals surface area contributed by atoms with Crippen molar-refractivity contribution in [2.75, 3.05) is 11.9 Å². The second-order valence-electron chi connectivity index (χ2n) is 7.18. The maximum absolute atomic E-state index is 12.6. The van der Waals surface area contributed by atoms with Crippen molar-refractivity contribution in [2.45, 2.75) is 19.1 Å². The van der Waals surface area contributed by atoms with Crippen LogP contribution in [0.2, 0.25) is 0 Å². The Hall–Kier alpha value is -3.76. The minimum Gasteiger partial charge on any atom is -0.478 e. The standard InChI is InChI=1S/C22H18N2O7S/c25-18(13-6-5-11-3-1-2-4-12(11)7-13)23-9-14-8-15-16(10-31-14)32-20(17(15)21(27)28)24-19(26)22(29)30/h1-7,14H,8-10H2,(H,23,25)(H,24,26)(H,27,28)(H,29,30). The fourth-order valence-electron chi connectivity index (χ4n) is 3.57. The van der Waals surface area contributed by atoms with Crippen molar-refractivity contribution in [1.82, 2.24) is 5.32 Å². The van der Waals surface area contributed by atoms with Crippen molar-refractivity contribution in [2.24, 2.45) is 0 Å². The van der Waals surface area contributed by atoms with E-state index in [-0.39, 0.29) is 36.0 Å². The van der Waals surface area contributed by atoms with Gasteiger partial charge in [0.15, 0.2) is 0 Å². The van der Waals surface area contributed by atoms with Crippen LogP contribution in [0.4, 0.5) is 5.00 Å². The van der Waals surface area contributed by atoms with Gasteiger partial charge in [-0.15, -0.1) is 11.3 Å². The number of benzene rings is 2. The molecule has 10 heteroatoms.